The molecule has 16 heavy (non-hydrogen) atoms. The third-order valence-corrected chi connectivity index (χ3v) is 2.77. The molecule has 1 amide bonds. The minimum Gasteiger partial charge on any atom is -0.273 e. The van der Waals surface area contributed by atoms with Crippen LogP contribution in [-0.2, 0) is 14.6 Å². The molecule has 0 saturated heterocycles. The first-order valence-corrected chi connectivity index (χ1v) is 6.28. The van der Waals surface area contributed by atoms with Gasteiger partial charge in [0.05, 0.1) is 18.7 Å². The highest BCUT2D eigenvalue weighted by molar-refractivity contribution is 7.90. The first kappa shape index (κ1) is 12.9. The van der Waals surface area contributed by atoms with Gasteiger partial charge in [0.25, 0.3) is 0 Å². The van der Waals surface area contributed by atoms with Crippen LogP contribution in [-0.4, -0.2) is 49.8 Å². The molecule has 9 heteroatoms. The van der Waals surface area contributed by atoms with Crippen molar-refractivity contribution in [2.45, 2.75) is 12.6 Å². The smallest absolute Gasteiger partial charge is 0.273 e. The van der Waals surface area contributed by atoms with Crippen molar-refractivity contribution in [2.24, 2.45) is 5.10 Å². The van der Waals surface area contributed by atoms with Crippen LogP contribution in [0.1, 0.15) is 6.42 Å². The minimum absolute atomic E-state index is 0.350. The van der Waals surface area contributed by atoms with Crippen LogP contribution < -0.4 is 0 Å². The molecule has 0 aromatic carbocycles. The van der Waals surface area contributed by atoms with E-state index < -0.39 is 39.8 Å². The van der Waals surface area contributed by atoms with E-state index in [0.29, 0.717) is 5.01 Å². The first-order chi connectivity index (χ1) is 7.09. The van der Waals surface area contributed by atoms with Crippen LogP contribution >= 0.6 is 0 Å². The second-order valence-electron chi connectivity index (χ2n) is 3.37. The van der Waals surface area contributed by atoms with Gasteiger partial charge in [-0.15, -0.1) is 0 Å². The van der Waals surface area contributed by atoms with Crippen LogP contribution in [0.5, 0.6) is 0 Å². The molecule has 0 unspecified atom stereocenters. The second kappa shape index (κ2) is 4.04. The number of halogens is 3. The van der Waals surface area contributed by atoms with Crippen LogP contribution in [0.4, 0.5) is 13.2 Å². The summed E-state index contributed by atoms with van der Waals surface area (Å²) >= 11 is 0. The molecular formula is C7H9F3N2O3S. The normalized spacial score (nSPS) is 17.9. The van der Waals surface area contributed by atoms with Crippen molar-refractivity contribution >= 4 is 21.5 Å². The van der Waals surface area contributed by atoms with Gasteiger partial charge in [0.1, 0.15) is 9.84 Å². The van der Waals surface area contributed by atoms with Gasteiger partial charge in [0.2, 0.25) is 5.91 Å². The van der Waals surface area contributed by atoms with Crippen LogP contribution in [0.15, 0.2) is 5.10 Å². The fraction of sp³-hybridized carbons (Fsp3) is 0.714. The highest BCUT2D eigenvalue weighted by Gasteiger charge is 2.42. The molecule has 0 aliphatic carbocycles. The van der Waals surface area contributed by atoms with E-state index in [1.54, 1.807) is 0 Å². The van der Waals surface area contributed by atoms with Crippen molar-refractivity contribution in [1.29, 1.82) is 0 Å². The molecule has 0 spiro atoms. The van der Waals surface area contributed by atoms with Gasteiger partial charge in [-0.1, -0.05) is 0 Å². The maximum Gasteiger partial charge on any atom is 0.431 e. The predicted molar refractivity (Wildman–Crippen MR) is 49.5 cm³/mol. The Morgan fingerprint density at radius 1 is 1.44 bits per heavy atom. The number of alkyl halides is 3. The molecule has 0 saturated carbocycles. The summed E-state index contributed by atoms with van der Waals surface area (Å²) in [7, 11) is -3.33. The van der Waals surface area contributed by atoms with Crippen molar-refractivity contribution in [2.75, 3.05) is 18.6 Å². The molecule has 92 valence electrons. The lowest BCUT2D eigenvalue weighted by Gasteiger charge is -2.09. The van der Waals surface area contributed by atoms with Gasteiger partial charge in [0.15, 0.2) is 5.71 Å². The van der Waals surface area contributed by atoms with Crippen LogP contribution in [0.25, 0.3) is 0 Å². The van der Waals surface area contributed by atoms with Crippen LogP contribution in [0.3, 0.4) is 0 Å². The Labute approximate surface area is 89.8 Å². The predicted octanol–water partition coefficient (Wildman–Crippen LogP) is 0.182. The lowest BCUT2D eigenvalue weighted by atomic mass is 10.3. The number of carbonyl (C=O) groups excluding carboxylic acids is 1. The maximum atomic E-state index is 12.2. The molecule has 1 aliphatic rings. The minimum atomic E-state index is -4.64. The van der Waals surface area contributed by atoms with E-state index in [9.17, 15) is 26.4 Å². The van der Waals surface area contributed by atoms with Crippen molar-refractivity contribution in [1.82, 2.24) is 5.01 Å². The summed E-state index contributed by atoms with van der Waals surface area (Å²) in [5.74, 6) is -1.25. The van der Waals surface area contributed by atoms with E-state index in [0.717, 1.165) is 6.26 Å². The molecule has 0 atom stereocenters. The molecule has 0 aromatic rings. The summed E-state index contributed by atoms with van der Waals surface area (Å²) in [6.45, 7) is -0.350. The fourth-order valence-electron chi connectivity index (χ4n) is 1.06. The van der Waals surface area contributed by atoms with Gasteiger partial charge >= 0.3 is 6.18 Å². The average molecular weight is 258 g/mol. The van der Waals surface area contributed by atoms with E-state index in [4.69, 9.17) is 0 Å². The molecular weight excluding hydrogens is 249 g/mol. The highest BCUT2D eigenvalue weighted by atomic mass is 32.2. The van der Waals surface area contributed by atoms with Gasteiger partial charge in [-0.3, -0.25) is 4.79 Å². The zero-order valence-electron chi connectivity index (χ0n) is 8.28. The summed E-state index contributed by atoms with van der Waals surface area (Å²) < 4.78 is 58.0. The standard InChI is InChI=1S/C7H9F3N2O3S/c1-16(14,15)3-2-12-6(13)4-5(11-12)7(8,9)10/h2-4H2,1H3. The molecule has 0 fully saturated rings. The molecule has 1 aliphatic heterocycles. The summed E-state index contributed by atoms with van der Waals surface area (Å²) in [6, 6.07) is 0. The third kappa shape index (κ3) is 3.47. The van der Waals surface area contributed by atoms with Crippen molar-refractivity contribution in [3.8, 4) is 0 Å². The van der Waals surface area contributed by atoms with Crippen molar-refractivity contribution < 1.29 is 26.4 Å². The van der Waals surface area contributed by atoms with Crippen LogP contribution in [0.2, 0.25) is 0 Å². The summed E-state index contributed by atoms with van der Waals surface area (Å²) in [6.07, 6.45) is -4.54. The largest absolute Gasteiger partial charge is 0.431 e. The highest BCUT2D eigenvalue weighted by Crippen LogP contribution is 2.24. The summed E-state index contributed by atoms with van der Waals surface area (Å²) in [4.78, 5) is 11.1. The fourth-order valence-corrected chi connectivity index (χ4v) is 1.56. The lowest BCUT2D eigenvalue weighted by molar-refractivity contribution is -0.128. The van der Waals surface area contributed by atoms with Gasteiger partial charge in [-0.05, 0) is 0 Å². The number of amides is 1. The van der Waals surface area contributed by atoms with E-state index in [-0.39, 0.29) is 6.54 Å². The Morgan fingerprint density at radius 2 is 2.00 bits per heavy atom. The topological polar surface area (TPSA) is 66.8 Å². The first-order valence-electron chi connectivity index (χ1n) is 4.22. The Hall–Kier alpha value is -1.12. The Morgan fingerprint density at radius 3 is 2.38 bits per heavy atom. The van der Waals surface area contributed by atoms with Gasteiger partial charge < -0.3 is 0 Å². The molecule has 0 bridgehead atoms. The van der Waals surface area contributed by atoms with Crippen molar-refractivity contribution in [3.05, 3.63) is 0 Å². The third-order valence-electron chi connectivity index (χ3n) is 1.85. The zero-order chi connectivity index (χ0) is 12.6. The quantitative estimate of drug-likeness (QED) is 0.725. The number of rotatable bonds is 3. The monoisotopic (exact) mass is 258 g/mol. The molecule has 0 aromatic heterocycles. The summed E-state index contributed by atoms with van der Waals surface area (Å²) in [5.41, 5.74) is -1.19. The molecule has 1 rings (SSSR count). The Bertz CT molecular complexity index is 427. The molecule has 1 heterocycles. The van der Waals surface area contributed by atoms with Gasteiger partial charge in [0, 0.05) is 6.26 Å². The zero-order valence-corrected chi connectivity index (χ0v) is 9.10. The van der Waals surface area contributed by atoms with Crippen LogP contribution in [0, 0.1) is 0 Å². The number of carbonyl (C=O) groups is 1. The summed E-state index contributed by atoms with van der Waals surface area (Å²) in [5, 5.41) is 3.60. The number of hydrogen-bond donors (Lipinski definition) is 0. The van der Waals surface area contributed by atoms with E-state index in [2.05, 4.69) is 5.10 Å². The number of sulfone groups is 1. The number of hydrazone groups is 1. The van der Waals surface area contributed by atoms with Crippen molar-refractivity contribution in [3.63, 3.8) is 0 Å². The average Bonchev–Trinajstić information content (AvgIpc) is 2.41. The van der Waals surface area contributed by atoms with Gasteiger partial charge in [-0.25, -0.2) is 13.4 Å². The van der Waals surface area contributed by atoms with E-state index in [1.807, 2.05) is 0 Å². The molecule has 0 N–H and O–H groups in total. The molecule has 5 nitrogen and oxygen atoms in total. The van der Waals surface area contributed by atoms with E-state index in [1.165, 1.54) is 0 Å². The number of nitrogens with zero attached hydrogens (tertiary/aromatic N) is 2. The molecule has 0 radical (unpaired) electrons. The SMILES string of the molecule is CS(=O)(=O)CCN1N=C(C(F)(F)F)CC1=O. The van der Waals surface area contributed by atoms with E-state index >= 15 is 0 Å². The number of hydrogen-bond acceptors (Lipinski definition) is 4. The second-order valence-corrected chi connectivity index (χ2v) is 5.63. The maximum absolute atomic E-state index is 12.2. The van der Waals surface area contributed by atoms with Gasteiger partial charge in [-0.2, -0.15) is 18.3 Å². The lowest BCUT2D eigenvalue weighted by Crippen LogP contribution is -2.26. The Kier molecular flexibility index (Phi) is 3.27. The Balaban J connectivity index is 2.70.